The number of hydrogen-bond donors (Lipinski definition) is 2. The second-order valence-electron chi connectivity index (χ2n) is 4.27. The normalized spacial score (nSPS) is 14.2. The summed E-state index contributed by atoms with van der Waals surface area (Å²) in [6.07, 6.45) is -3.73. The van der Waals surface area contributed by atoms with Gasteiger partial charge in [0.05, 0.1) is 13.1 Å². The predicted molar refractivity (Wildman–Crippen MR) is 56.3 cm³/mol. The van der Waals surface area contributed by atoms with Crippen molar-refractivity contribution in [2.75, 3.05) is 13.1 Å². The fourth-order valence-electron chi connectivity index (χ4n) is 0.891. The van der Waals surface area contributed by atoms with Gasteiger partial charge in [0.15, 0.2) is 0 Å². The maximum Gasteiger partial charge on any atom is 0.319 e. The van der Waals surface area contributed by atoms with E-state index in [4.69, 9.17) is 0 Å². The predicted octanol–water partition coefficient (Wildman–Crippen LogP) is 1.64. The number of halogens is 4. The highest BCUT2D eigenvalue weighted by Gasteiger charge is 2.40. The second-order valence-corrected chi connectivity index (χ2v) is 4.27. The van der Waals surface area contributed by atoms with Crippen LogP contribution in [0.3, 0.4) is 0 Å². The van der Waals surface area contributed by atoms with E-state index in [9.17, 15) is 22.4 Å². The minimum Gasteiger partial charge on any atom is -0.352 e. The van der Waals surface area contributed by atoms with E-state index in [1.165, 1.54) is 0 Å². The van der Waals surface area contributed by atoms with E-state index in [2.05, 4.69) is 5.32 Å². The third-order valence-electron chi connectivity index (χ3n) is 2.35. The van der Waals surface area contributed by atoms with E-state index in [1.807, 2.05) is 19.2 Å². The van der Waals surface area contributed by atoms with Crippen molar-refractivity contribution in [3.05, 3.63) is 0 Å². The van der Waals surface area contributed by atoms with Crippen molar-refractivity contribution >= 4 is 5.91 Å². The van der Waals surface area contributed by atoms with Gasteiger partial charge in [-0.3, -0.25) is 4.79 Å². The minimum atomic E-state index is -4.11. The molecule has 0 spiro atoms. The fraction of sp³-hybridized carbons (Fsp3) is 0.900. The summed E-state index contributed by atoms with van der Waals surface area (Å²) in [5.74, 6) is -4.39. The molecule has 0 aromatic rings. The van der Waals surface area contributed by atoms with E-state index in [1.54, 1.807) is 6.92 Å². The second kappa shape index (κ2) is 6.78. The molecular formula is C10H18F4N2O. The highest BCUT2D eigenvalue weighted by atomic mass is 19.3. The molecule has 0 saturated carbocycles. The fourth-order valence-corrected chi connectivity index (χ4v) is 0.891. The smallest absolute Gasteiger partial charge is 0.319 e. The van der Waals surface area contributed by atoms with E-state index in [-0.39, 0.29) is 12.0 Å². The van der Waals surface area contributed by atoms with Crippen LogP contribution in [-0.2, 0) is 4.79 Å². The topological polar surface area (TPSA) is 41.1 Å². The molecule has 0 aliphatic heterocycles. The number of amides is 1. The Balaban J connectivity index is 3.87. The summed E-state index contributed by atoms with van der Waals surface area (Å²) in [7, 11) is 0. The van der Waals surface area contributed by atoms with Crippen LogP contribution >= 0.6 is 0 Å². The van der Waals surface area contributed by atoms with Crippen LogP contribution in [0.5, 0.6) is 0 Å². The lowest BCUT2D eigenvalue weighted by Crippen LogP contribution is -2.45. The van der Waals surface area contributed by atoms with Gasteiger partial charge in [-0.05, 0) is 12.8 Å². The molecule has 0 bridgehead atoms. The SMILES string of the molecule is CC(C)C(C)NC(=O)CNCC(F)(F)C(F)F. The lowest BCUT2D eigenvalue weighted by atomic mass is 10.1. The third-order valence-corrected chi connectivity index (χ3v) is 2.35. The van der Waals surface area contributed by atoms with Crippen molar-refractivity contribution in [2.45, 2.75) is 39.2 Å². The zero-order valence-electron chi connectivity index (χ0n) is 10.1. The van der Waals surface area contributed by atoms with Gasteiger partial charge in [0, 0.05) is 6.04 Å². The summed E-state index contributed by atoms with van der Waals surface area (Å²) in [4.78, 5) is 11.2. The zero-order chi connectivity index (χ0) is 13.6. The molecule has 0 saturated heterocycles. The molecule has 1 amide bonds. The van der Waals surface area contributed by atoms with Crippen LogP contribution in [0.1, 0.15) is 20.8 Å². The summed E-state index contributed by atoms with van der Waals surface area (Å²) in [6.45, 7) is 3.94. The van der Waals surface area contributed by atoms with Gasteiger partial charge in [-0.2, -0.15) is 8.78 Å². The first-order valence-corrected chi connectivity index (χ1v) is 5.33. The number of carbonyl (C=O) groups is 1. The van der Waals surface area contributed by atoms with Crippen molar-refractivity contribution in [1.29, 1.82) is 0 Å². The molecule has 7 heteroatoms. The molecule has 102 valence electrons. The van der Waals surface area contributed by atoms with Crippen LogP contribution in [0.4, 0.5) is 17.6 Å². The van der Waals surface area contributed by atoms with Crippen LogP contribution in [0.15, 0.2) is 0 Å². The number of alkyl halides is 4. The Morgan fingerprint density at radius 2 is 1.76 bits per heavy atom. The summed E-state index contributed by atoms with van der Waals surface area (Å²) >= 11 is 0. The largest absolute Gasteiger partial charge is 0.352 e. The van der Waals surface area contributed by atoms with Crippen molar-refractivity contribution in [1.82, 2.24) is 10.6 Å². The maximum atomic E-state index is 12.4. The number of rotatable bonds is 7. The van der Waals surface area contributed by atoms with E-state index >= 15 is 0 Å². The van der Waals surface area contributed by atoms with Gasteiger partial charge in [-0.1, -0.05) is 13.8 Å². The molecule has 1 atom stereocenters. The number of hydrogen-bond acceptors (Lipinski definition) is 2. The summed E-state index contributed by atoms with van der Waals surface area (Å²) in [5, 5.41) is 4.57. The van der Waals surface area contributed by atoms with Gasteiger partial charge in [0.2, 0.25) is 5.91 Å². The summed E-state index contributed by atoms with van der Waals surface area (Å²) in [6, 6.07) is -0.0973. The highest BCUT2D eigenvalue weighted by Crippen LogP contribution is 2.21. The number of carbonyl (C=O) groups excluding carboxylic acids is 1. The molecule has 0 aliphatic carbocycles. The molecule has 0 rings (SSSR count). The molecule has 0 fully saturated rings. The van der Waals surface area contributed by atoms with Crippen molar-refractivity contribution in [3.63, 3.8) is 0 Å². The average Bonchev–Trinajstić information content (AvgIpc) is 2.16. The third kappa shape index (κ3) is 6.45. The Labute approximate surface area is 97.9 Å². The van der Waals surface area contributed by atoms with Gasteiger partial charge in [-0.15, -0.1) is 0 Å². The van der Waals surface area contributed by atoms with E-state index < -0.39 is 31.3 Å². The van der Waals surface area contributed by atoms with Gasteiger partial charge in [0.25, 0.3) is 0 Å². The number of nitrogens with one attached hydrogen (secondary N) is 2. The van der Waals surface area contributed by atoms with Crippen LogP contribution < -0.4 is 10.6 Å². The molecule has 1 unspecified atom stereocenters. The Kier molecular flexibility index (Phi) is 6.44. The van der Waals surface area contributed by atoms with Gasteiger partial charge in [-0.25, -0.2) is 8.78 Å². The molecule has 2 N–H and O–H groups in total. The van der Waals surface area contributed by atoms with Crippen LogP contribution in [0.2, 0.25) is 0 Å². The Morgan fingerprint density at radius 1 is 1.24 bits per heavy atom. The Hall–Kier alpha value is -0.850. The zero-order valence-corrected chi connectivity index (χ0v) is 10.1. The van der Waals surface area contributed by atoms with Crippen LogP contribution in [-0.4, -0.2) is 37.4 Å². The first-order valence-electron chi connectivity index (χ1n) is 5.33. The van der Waals surface area contributed by atoms with Crippen LogP contribution in [0.25, 0.3) is 0 Å². The molecule has 0 radical (unpaired) electrons. The average molecular weight is 258 g/mol. The quantitative estimate of drug-likeness (QED) is 0.682. The van der Waals surface area contributed by atoms with E-state index in [0.29, 0.717) is 0 Å². The van der Waals surface area contributed by atoms with Gasteiger partial charge >= 0.3 is 12.3 Å². The summed E-state index contributed by atoms with van der Waals surface area (Å²) in [5.41, 5.74) is 0. The lowest BCUT2D eigenvalue weighted by molar-refractivity contribution is -0.129. The highest BCUT2D eigenvalue weighted by molar-refractivity contribution is 5.78. The monoisotopic (exact) mass is 258 g/mol. The summed E-state index contributed by atoms with van der Waals surface area (Å²) < 4.78 is 48.4. The molecule has 0 aliphatic rings. The van der Waals surface area contributed by atoms with Gasteiger partial charge in [0.1, 0.15) is 0 Å². The maximum absolute atomic E-state index is 12.4. The molecule has 0 aromatic carbocycles. The van der Waals surface area contributed by atoms with Crippen molar-refractivity contribution in [2.24, 2.45) is 5.92 Å². The Bertz CT molecular complexity index is 246. The van der Waals surface area contributed by atoms with Crippen molar-refractivity contribution < 1.29 is 22.4 Å². The van der Waals surface area contributed by atoms with Crippen LogP contribution in [0, 0.1) is 5.92 Å². The minimum absolute atomic E-state index is 0.0973. The molecule has 0 aromatic heterocycles. The molecular weight excluding hydrogens is 240 g/mol. The first-order chi connectivity index (χ1) is 7.66. The molecule has 0 heterocycles. The van der Waals surface area contributed by atoms with Crippen molar-refractivity contribution in [3.8, 4) is 0 Å². The lowest BCUT2D eigenvalue weighted by Gasteiger charge is -2.19. The standard InChI is InChI=1S/C10H18F4N2O/c1-6(2)7(3)16-8(17)4-15-5-10(13,14)9(11)12/h6-7,9,15H,4-5H2,1-3H3,(H,16,17). The molecule has 3 nitrogen and oxygen atoms in total. The first kappa shape index (κ1) is 16.1. The molecule has 17 heavy (non-hydrogen) atoms. The van der Waals surface area contributed by atoms with E-state index in [0.717, 1.165) is 0 Å². The van der Waals surface area contributed by atoms with Gasteiger partial charge < -0.3 is 10.6 Å². The Morgan fingerprint density at radius 3 is 2.18 bits per heavy atom.